The van der Waals surface area contributed by atoms with Gasteiger partial charge in [-0.3, -0.25) is 20.4 Å². The standard InChI is InChI=1S/C19H30N4O2S/c1-4-5-6-7-14(2)13-20-19(26)23-22-18(25)12-16-8-10-17(11-9-16)21-15(3)24/h8-11,14H,4-7,12-13H2,1-3H3,(H,21,24)(H,22,25)(H2,20,23,26). The summed E-state index contributed by atoms with van der Waals surface area (Å²) in [4.78, 5) is 22.9. The number of unbranched alkanes of at least 4 members (excludes halogenated alkanes) is 2. The molecule has 0 aliphatic heterocycles. The third-order valence-corrected chi connectivity index (χ3v) is 4.11. The lowest BCUT2D eigenvalue weighted by molar-refractivity contribution is -0.121. The van der Waals surface area contributed by atoms with E-state index in [9.17, 15) is 9.59 Å². The van der Waals surface area contributed by atoms with E-state index in [2.05, 4.69) is 35.3 Å². The molecule has 1 aromatic rings. The van der Waals surface area contributed by atoms with Crippen molar-refractivity contribution in [2.45, 2.75) is 52.9 Å². The quantitative estimate of drug-likeness (QED) is 0.302. The number of amides is 2. The smallest absolute Gasteiger partial charge is 0.242 e. The Bertz CT molecular complexity index is 590. The van der Waals surface area contributed by atoms with Gasteiger partial charge < -0.3 is 10.6 Å². The highest BCUT2D eigenvalue weighted by Gasteiger charge is 2.06. The van der Waals surface area contributed by atoms with Gasteiger partial charge in [0.15, 0.2) is 5.11 Å². The monoisotopic (exact) mass is 378 g/mol. The molecule has 144 valence electrons. The SMILES string of the molecule is CCCCCC(C)CNC(=S)NNC(=O)Cc1ccc(NC(C)=O)cc1. The first-order valence-electron chi connectivity index (χ1n) is 9.10. The van der Waals surface area contributed by atoms with E-state index in [-0.39, 0.29) is 18.2 Å². The van der Waals surface area contributed by atoms with Crippen LogP contribution in [0.5, 0.6) is 0 Å². The van der Waals surface area contributed by atoms with Crippen molar-refractivity contribution in [1.29, 1.82) is 0 Å². The largest absolute Gasteiger partial charge is 0.361 e. The van der Waals surface area contributed by atoms with Crippen molar-refractivity contribution in [3.63, 3.8) is 0 Å². The zero-order valence-electron chi connectivity index (χ0n) is 15.9. The molecule has 7 heteroatoms. The average molecular weight is 379 g/mol. The summed E-state index contributed by atoms with van der Waals surface area (Å²) in [7, 11) is 0. The molecule has 0 radical (unpaired) electrons. The fraction of sp³-hybridized carbons (Fsp3) is 0.526. The Morgan fingerprint density at radius 2 is 1.81 bits per heavy atom. The molecule has 0 bridgehead atoms. The van der Waals surface area contributed by atoms with Gasteiger partial charge >= 0.3 is 0 Å². The number of hydrogen-bond donors (Lipinski definition) is 4. The Labute approximate surface area is 161 Å². The lowest BCUT2D eigenvalue weighted by Crippen LogP contribution is -2.48. The van der Waals surface area contributed by atoms with E-state index in [0.717, 1.165) is 12.1 Å². The van der Waals surface area contributed by atoms with Crippen LogP contribution < -0.4 is 21.5 Å². The first-order valence-corrected chi connectivity index (χ1v) is 9.50. The van der Waals surface area contributed by atoms with Crippen molar-refractivity contribution in [2.75, 3.05) is 11.9 Å². The highest BCUT2D eigenvalue weighted by Crippen LogP contribution is 2.10. The minimum absolute atomic E-state index is 0.125. The van der Waals surface area contributed by atoms with Crippen molar-refractivity contribution < 1.29 is 9.59 Å². The molecule has 1 aromatic carbocycles. The van der Waals surface area contributed by atoms with Gasteiger partial charge in [0.2, 0.25) is 11.8 Å². The molecule has 1 rings (SSSR count). The zero-order valence-corrected chi connectivity index (χ0v) is 16.7. The predicted octanol–water partition coefficient (Wildman–Crippen LogP) is 2.90. The molecule has 1 unspecified atom stereocenters. The number of hydrazine groups is 1. The first-order chi connectivity index (χ1) is 12.4. The molecule has 0 saturated heterocycles. The summed E-state index contributed by atoms with van der Waals surface area (Å²) in [5, 5.41) is 6.23. The van der Waals surface area contributed by atoms with Crippen molar-refractivity contribution in [1.82, 2.24) is 16.2 Å². The van der Waals surface area contributed by atoms with E-state index in [4.69, 9.17) is 12.2 Å². The topological polar surface area (TPSA) is 82.3 Å². The highest BCUT2D eigenvalue weighted by atomic mass is 32.1. The van der Waals surface area contributed by atoms with Crippen LogP contribution in [0, 0.1) is 5.92 Å². The van der Waals surface area contributed by atoms with Gasteiger partial charge in [-0.2, -0.15) is 0 Å². The van der Waals surface area contributed by atoms with E-state index in [1.165, 1.54) is 32.6 Å². The fourth-order valence-electron chi connectivity index (χ4n) is 2.42. The van der Waals surface area contributed by atoms with Crippen LogP contribution in [0.1, 0.15) is 52.0 Å². The van der Waals surface area contributed by atoms with Crippen LogP contribution in [0.4, 0.5) is 5.69 Å². The molecule has 0 aliphatic carbocycles. The van der Waals surface area contributed by atoms with Crippen LogP contribution in [0.2, 0.25) is 0 Å². The summed E-state index contributed by atoms with van der Waals surface area (Å²) >= 11 is 5.17. The van der Waals surface area contributed by atoms with Gasteiger partial charge in [-0.15, -0.1) is 0 Å². The van der Waals surface area contributed by atoms with Crippen LogP contribution >= 0.6 is 12.2 Å². The molecular formula is C19H30N4O2S. The van der Waals surface area contributed by atoms with Crippen LogP contribution in [0.15, 0.2) is 24.3 Å². The number of benzene rings is 1. The second-order valence-corrected chi connectivity index (χ2v) is 6.95. The molecule has 0 heterocycles. The number of carbonyl (C=O) groups excluding carboxylic acids is 2. The van der Waals surface area contributed by atoms with Gasteiger partial charge in [-0.1, -0.05) is 45.2 Å². The Hall–Kier alpha value is -2.15. The van der Waals surface area contributed by atoms with Gasteiger partial charge in [0, 0.05) is 19.2 Å². The number of anilines is 1. The Balaban J connectivity index is 2.24. The predicted molar refractivity (Wildman–Crippen MR) is 110 cm³/mol. The summed E-state index contributed by atoms with van der Waals surface area (Å²) in [6.45, 7) is 6.63. The molecule has 0 spiro atoms. The van der Waals surface area contributed by atoms with Gasteiger partial charge in [0.1, 0.15) is 0 Å². The molecule has 0 aromatic heterocycles. The maximum atomic E-state index is 12.0. The van der Waals surface area contributed by atoms with E-state index in [1.807, 2.05) is 0 Å². The highest BCUT2D eigenvalue weighted by molar-refractivity contribution is 7.80. The number of carbonyl (C=O) groups is 2. The van der Waals surface area contributed by atoms with Crippen molar-refractivity contribution in [3.8, 4) is 0 Å². The van der Waals surface area contributed by atoms with Crippen molar-refractivity contribution in [3.05, 3.63) is 29.8 Å². The minimum atomic E-state index is -0.183. The fourth-order valence-corrected chi connectivity index (χ4v) is 2.56. The third kappa shape index (κ3) is 9.98. The molecule has 26 heavy (non-hydrogen) atoms. The molecule has 6 nitrogen and oxygen atoms in total. The molecule has 0 saturated carbocycles. The van der Waals surface area contributed by atoms with E-state index >= 15 is 0 Å². The summed E-state index contributed by atoms with van der Waals surface area (Å²) in [6.07, 6.45) is 5.11. The third-order valence-electron chi connectivity index (χ3n) is 3.87. The van der Waals surface area contributed by atoms with Crippen LogP contribution in [-0.4, -0.2) is 23.5 Å². The second kappa shape index (κ2) is 12.2. The van der Waals surface area contributed by atoms with E-state index in [1.54, 1.807) is 24.3 Å². The van der Waals surface area contributed by atoms with Crippen LogP contribution in [-0.2, 0) is 16.0 Å². The molecular weight excluding hydrogens is 348 g/mol. The molecule has 2 amide bonds. The molecule has 4 N–H and O–H groups in total. The lowest BCUT2D eigenvalue weighted by atomic mass is 10.0. The summed E-state index contributed by atoms with van der Waals surface area (Å²) < 4.78 is 0. The lowest BCUT2D eigenvalue weighted by Gasteiger charge is -2.15. The van der Waals surface area contributed by atoms with Gasteiger partial charge in [0.25, 0.3) is 0 Å². The number of rotatable bonds is 9. The Kier molecular flexibility index (Phi) is 10.3. The Morgan fingerprint density at radius 3 is 2.42 bits per heavy atom. The van der Waals surface area contributed by atoms with Crippen LogP contribution in [0.25, 0.3) is 0 Å². The number of hydrogen-bond acceptors (Lipinski definition) is 3. The maximum absolute atomic E-state index is 12.0. The zero-order chi connectivity index (χ0) is 19.4. The van der Waals surface area contributed by atoms with Crippen LogP contribution in [0.3, 0.4) is 0 Å². The minimum Gasteiger partial charge on any atom is -0.361 e. The first kappa shape index (κ1) is 21.9. The number of nitrogens with one attached hydrogen (secondary N) is 4. The van der Waals surface area contributed by atoms with Gasteiger partial charge in [-0.05, 0) is 42.3 Å². The second-order valence-electron chi connectivity index (χ2n) is 6.54. The summed E-state index contributed by atoms with van der Waals surface area (Å²) in [6, 6.07) is 7.14. The van der Waals surface area contributed by atoms with E-state index < -0.39 is 0 Å². The normalized spacial score (nSPS) is 11.3. The molecule has 0 fully saturated rings. The summed E-state index contributed by atoms with van der Waals surface area (Å²) in [5.74, 6) is 0.233. The molecule has 0 aliphatic rings. The maximum Gasteiger partial charge on any atom is 0.242 e. The average Bonchev–Trinajstić information content (AvgIpc) is 2.59. The molecule has 1 atom stereocenters. The number of thiocarbonyl (C=S) groups is 1. The Morgan fingerprint density at radius 1 is 1.12 bits per heavy atom. The summed E-state index contributed by atoms with van der Waals surface area (Å²) in [5.41, 5.74) is 6.87. The van der Waals surface area contributed by atoms with Crippen molar-refractivity contribution >= 4 is 34.8 Å². The van der Waals surface area contributed by atoms with E-state index in [0.29, 0.717) is 16.7 Å². The van der Waals surface area contributed by atoms with Crippen molar-refractivity contribution in [2.24, 2.45) is 5.92 Å². The van der Waals surface area contributed by atoms with Gasteiger partial charge in [0.05, 0.1) is 6.42 Å². The van der Waals surface area contributed by atoms with Gasteiger partial charge in [-0.25, -0.2) is 0 Å².